The van der Waals surface area contributed by atoms with Gasteiger partial charge in [-0.25, -0.2) is 0 Å². The summed E-state index contributed by atoms with van der Waals surface area (Å²) < 4.78 is 7.86. The van der Waals surface area contributed by atoms with Gasteiger partial charge in [0.15, 0.2) is 0 Å². The van der Waals surface area contributed by atoms with Crippen LogP contribution in [-0.2, 0) is 6.54 Å². The van der Waals surface area contributed by atoms with E-state index >= 15 is 0 Å². The average molecular weight is 288 g/mol. The van der Waals surface area contributed by atoms with Crippen LogP contribution in [0.3, 0.4) is 0 Å². The second-order valence-electron chi connectivity index (χ2n) is 5.47. The van der Waals surface area contributed by atoms with E-state index in [2.05, 4.69) is 47.3 Å². The lowest BCUT2D eigenvalue weighted by molar-refractivity contribution is 0.340. The molecule has 0 fully saturated rings. The first kappa shape index (κ1) is 15.9. The summed E-state index contributed by atoms with van der Waals surface area (Å²) in [5.74, 6) is 0.955. The number of hydrogen-bond acceptors (Lipinski definition) is 2. The summed E-state index contributed by atoms with van der Waals surface area (Å²) in [7, 11) is 0. The van der Waals surface area contributed by atoms with Crippen molar-refractivity contribution >= 4 is 10.9 Å². The highest BCUT2D eigenvalue weighted by molar-refractivity contribution is 5.81. The van der Waals surface area contributed by atoms with E-state index in [0.29, 0.717) is 6.61 Å². The summed E-state index contributed by atoms with van der Waals surface area (Å²) in [5.41, 5.74) is 1.28. The maximum atomic E-state index is 5.55. The Morgan fingerprint density at radius 3 is 2.76 bits per heavy atom. The van der Waals surface area contributed by atoms with Crippen LogP contribution in [0.1, 0.15) is 39.5 Å². The minimum Gasteiger partial charge on any atom is -0.494 e. The third-order valence-electron chi connectivity index (χ3n) is 3.79. The number of ether oxygens (including phenoxy) is 1. The smallest absolute Gasteiger partial charge is 0.120 e. The molecule has 0 aliphatic rings. The SMILES string of the molecule is CCCCCCNCCn1ccc2cc(OCC)ccc21. The van der Waals surface area contributed by atoms with Crippen LogP contribution in [0, 0.1) is 0 Å². The van der Waals surface area contributed by atoms with E-state index in [1.54, 1.807) is 0 Å². The monoisotopic (exact) mass is 288 g/mol. The highest BCUT2D eigenvalue weighted by Crippen LogP contribution is 2.21. The van der Waals surface area contributed by atoms with Crippen LogP contribution in [0.25, 0.3) is 10.9 Å². The number of fused-ring (bicyclic) bond motifs is 1. The summed E-state index contributed by atoms with van der Waals surface area (Å²) >= 11 is 0. The fourth-order valence-corrected chi connectivity index (χ4v) is 2.63. The zero-order chi connectivity index (χ0) is 14.9. The molecular formula is C18H28N2O. The maximum Gasteiger partial charge on any atom is 0.120 e. The molecule has 0 saturated heterocycles. The summed E-state index contributed by atoms with van der Waals surface area (Å²) in [6.07, 6.45) is 7.46. The van der Waals surface area contributed by atoms with Gasteiger partial charge in [-0.1, -0.05) is 26.2 Å². The highest BCUT2D eigenvalue weighted by atomic mass is 16.5. The van der Waals surface area contributed by atoms with E-state index in [0.717, 1.165) is 25.4 Å². The first-order valence-corrected chi connectivity index (χ1v) is 8.27. The normalized spacial score (nSPS) is 11.1. The molecule has 0 atom stereocenters. The van der Waals surface area contributed by atoms with Gasteiger partial charge in [-0.05, 0) is 44.2 Å². The first-order chi connectivity index (χ1) is 10.3. The van der Waals surface area contributed by atoms with Crippen molar-refractivity contribution in [2.24, 2.45) is 0 Å². The van der Waals surface area contributed by atoms with Gasteiger partial charge < -0.3 is 14.6 Å². The Hall–Kier alpha value is -1.48. The molecule has 1 aromatic carbocycles. The van der Waals surface area contributed by atoms with E-state index in [-0.39, 0.29) is 0 Å². The van der Waals surface area contributed by atoms with E-state index in [9.17, 15) is 0 Å². The first-order valence-electron chi connectivity index (χ1n) is 8.27. The molecule has 0 radical (unpaired) electrons. The van der Waals surface area contributed by atoms with Crippen LogP contribution in [0.2, 0.25) is 0 Å². The number of benzene rings is 1. The van der Waals surface area contributed by atoms with E-state index in [1.807, 2.05) is 6.92 Å². The van der Waals surface area contributed by atoms with Crippen molar-refractivity contribution in [3.63, 3.8) is 0 Å². The quantitative estimate of drug-likeness (QED) is 0.663. The number of nitrogens with one attached hydrogen (secondary N) is 1. The molecule has 0 unspecified atom stereocenters. The van der Waals surface area contributed by atoms with Crippen LogP contribution in [0.4, 0.5) is 0 Å². The number of unbranched alkanes of at least 4 members (excludes halogenated alkanes) is 3. The third kappa shape index (κ3) is 4.78. The second-order valence-corrected chi connectivity index (χ2v) is 5.47. The predicted molar refractivity (Wildman–Crippen MR) is 90.1 cm³/mol. The zero-order valence-electron chi connectivity index (χ0n) is 13.4. The van der Waals surface area contributed by atoms with Crippen molar-refractivity contribution in [3.05, 3.63) is 30.5 Å². The summed E-state index contributed by atoms with van der Waals surface area (Å²) in [6, 6.07) is 8.49. The Bertz CT molecular complexity index is 533. The van der Waals surface area contributed by atoms with Crippen LogP contribution in [0.5, 0.6) is 5.75 Å². The molecule has 0 bridgehead atoms. The van der Waals surface area contributed by atoms with Gasteiger partial charge in [0, 0.05) is 30.2 Å². The van der Waals surface area contributed by atoms with E-state index in [4.69, 9.17) is 4.74 Å². The Labute approximate surface area is 128 Å². The van der Waals surface area contributed by atoms with Crippen LogP contribution in [0.15, 0.2) is 30.5 Å². The molecule has 0 spiro atoms. The fourth-order valence-electron chi connectivity index (χ4n) is 2.63. The molecule has 0 saturated carbocycles. The van der Waals surface area contributed by atoms with Gasteiger partial charge in [-0.15, -0.1) is 0 Å². The van der Waals surface area contributed by atoms with Gasteiger partial charge in [-0.2, -0.15) is 0 Å². The lowest BCUT2D eigenvalue weighted by Gasteiger charge is -2.08. The van der Waals surface area contributed by atoms with Crippen LogP contribution in [-0.4, -0.2) is 24.3 Å². The fraction of sp³-hybridized carbons (Fsp3) is 0.556. The molecular weight excluding hydrogens is 260 g/mol. The van der Waals surface area contributed by atoms with Crippen molar-refractivity contribution in [1.29, 1.82) is 0 Å². The van der Waals surface area contributed by atoms with Crippen LogP contribution >= 0.6 is 0 Å². The molecule has 3 nitrogen and oxygen atoms in total. The second kappa shape index (κ2) is 8.73. The minimum atomic E-state index is 0.716. The van der Waals surface area contributed by atoms with Crippen molar-refractivity contribution in [1.82, 2.24) is 9.88 Å². The molecule has 1 N–H and O–H groups in total. The summed E-state index contributed by atoms with van der Waals surface area (Å²) in [4.78, 5) is 0. The lowest BCUT2D eigenvalue weighted by Crippen LogP contribution is -2.20. The van der Waals surface area contributed by atoms with Crippen molar-refractivity contribution < 1.29 is 4.74 Å². The molecule has 0 aliphatic carbocycles. The van der Waals surface area contributed by atoms with Gasteiger partial charge in [0.05, 0.1) is 6.61 Å². The average Bonchev–Trinajstić information content (AvgIpc) is 2.89. The maximum absolute atomic E-state index is 5.55. The van der Waals surface area contributed by atoms with Crippen molar-refractivity contribution in [2.45, 2.75) is 46.1 Å². The molecule has 2 rings (SSSR count). The van der Waals surface area contributed by atoms with Gasteiger partial charge >= 0.3 is 0 Å². The van der Waals surface area contributed by atoms with Gasteiger partial charge in [0.25, 0.3) is 0 Å². The number of rotatable bonds is 10. The Morgan fingerprint density at radius 2 is 1.95 bits per heavy atom. The molecule has 3 heteroatoms. The van der Waals surface area contributed by atoms with E-state index < -0.39 is 0 Å². The summed E-state index contributed by atoms with van der Waals surface area (Å²) in [5, 5.41) is 4.79. The Morgan fingerprint density at radius 1 is 1.05 bits per heavy atom. The highest BCUT2D eigenvalue weighted by Gasteiger charge is 2.02. The number of aromatic nitrogens is 1. The van der Waals surface area contributed by atoms with Crippen molar-refractivity contribution in [2.75, 3.05) is 19.7 Å². The van der Waals surface area contributed by atoms with Gasteiger partial charge in [0.2, 0.25) is 0 Å². The zero-order valence-corrected chi connectivity index (χ0v) is 13.4. The van der Waals surface area contributed by atoms with Gasteiger partial charge in [-0.3, -0.25) is 0 Å². The standard InChI is InChI=1S/C18H28N2O/c1-3-5-6-7-11-19-12-14-20-13-10-16-15-17(21-4-2)8-9-18(16)20/h8-10,13,15,19H,3-7,11-12,14H2,1-2H3. The molecule has 1 heterocycles. The molecule has 0 aliphatic heterocycles. The minimum absolute atomic E-state index is 0.716. The number of hydrogen-bond donors (Lipinski definition) is 1. The molecule has 1 aromatic heterocycles. The predicted octanol–water partition coefficient (Wildman–Crippen LogP) is 4.21. The third-order valence-corrected chi connectivity index (χ3v) is 3.79. The molecule has 2 aromatic rings. The topological polar surface area (TPSA) is 26.2 Å². The Kier molecular flexibility index (Phi) is 6.61. The lowest BCUT2D eigenvalue weighted by atomic mass is 10.2. The number of nitrogens with zero attached hydrogens (tertiary/aromatic N) is 1. The Balaban J connectivity index is 1.80. The molecule has 21 heavy (non-hydrogen) atoms. The largest absolute Gasteiger partial charge is 0.494 e. The van der Waals surface area contributed by atoms with Gasteiger partial charge in [0.1, 0.15) is 5.75 Å². The molecule has 116 valence electrons. The van der Waals surface area contributed by atoms with E-state index in [1.165, 1.54) is 36.6 Å². The van der Waals surface area contributed by atoms with Crippen molar-refractivity contribution in [3.8, 4) is 5.75 Å². The summed E-state index contributed by atoms with van der Waals surface area (Å²) in [6.45, 7) is 8.17. The van der Waals surface area contributed by atoms with Crippen LogP contribution < -0.4 is 10.1 Å². The molecule has 0 amide bonds.